The fourth-order valence-corrected chi connectivity index (χ4v) is 3.11. The summed E-state index contributed by atoms with van der Waals surface area (Å²) in [6.07, 6.45) is -10.9. The van der Waals surface area contributed by atoms with Crippen molar-refractivity contribution in [2.45, 2.75) is 18.6 Å². The van der Waals surface area contributed by atoms with E-state index in [1.54, 1.807) is 0 Å². The van der Waals surface area contributed by atoms with Gasteiger partial charge in [0, 0.05) is 11.6 Å². The third kappa shape index (κ3) is 4.30. The Morgan fingerprint density at radius 2 is 1.76 bits per heavy atom. The number of aromatic nitrogens is 4. The van der Waals surface area contributed by atoms with Crippen LogP contribution < -0.4 is 10.2 Å². The van der Waals surface area contributed by atoms with Crippen LogP contribution >= 0.6 is 0 Å². The van der Waals surface area contributed by atoms with Gasteiger partial charge in [-0.05, 0) is 24.3 Å². The zero-order valence-corrected chi connectivity index (χ0v) is 16.0. The minimum atomic E-state index is -4.97. The van der Waals surface area contributed by atoms with Crippen molar-refractivity contribution in [1.82, 2.24) is 19.7 Å². The summed E-state index contributed by atoms with van der Waals surface area (Å²) >= 11 is 0. The van der Waals surface area contributed by atoms with Crippen LogP contribution in [-0.4, -0.2) is 37.3 Å². The molecule has 2 N–H and O–H groups in total. The van der Waals surface area contributed by atoms with Crippen LogP contribution in [0.2, 0.25) is 0 Å². The summed E-state index contributed by atoms with van der Waals surface area (Å²) in [6.45, 7) is -0.746. The molecule has 8 nitrogen and oxygen atoms in total. The fourth-order valence-electron chi connectivity index (χ4n) is 3.11. The summed E-state index contributed by atoms with van der Waals surface area (Å²) in [4.78, 5) is 20.1. The first-order valence-electron chi connectivity index (χ1n) is 8.96. The van der Waals surface area contributed by atoms with Crippen LogP contribution in [0.5, 0.6) is 0 Å². The van der Waals surface area contributed by atoms with Crippen molar-refractivity contribution in [2.24, 2.45) is 0 Å². The van der Waals surface area contributed by atoms with Gasteiger partial charge < -0.3 is 15.3 Å². The molecule has 0 radical (unpaired) electrons. The first-order chi connectivity index (χ1) is 15.3. The van der Waals surface area contributed by atoms with Gasteiger partial charge in [-0.2, -0.15) is 36.1 Å². The molecule has 4 rings (SSSR count). The molecule has 0 aromatic carbocycles. The van der Waals surface area contributed by atoms with Crippen molar-refractivity contribution in [3.8, 4) is 5.82 Å². The molecule has 15 heteroatoms. The largest absolute Gasteiger partial charge is 0.435 e. The van der Waals surface area contributed by atoms with E-state index < -0.39 is 59.9 Å². The van der Waals surface area contributed by atoms with Crippen LogP contribution in [0.15, 0.2) is 36.5 Å². The molecule has 0 spiro atoms. The van der Waals surface area contributed by atoms with Crippen molar-refractivity contribution in [1.29, 1.82) is 0 Å². The molecule has 1 aliphatic heterocycles. The number of aliphatic hydroxyl groups excluding tert-OH is 1. The van der Waals surface area contributed by atoms with Crippen LogP contribution in [0, 0.1) is 5.82 Å². The molecular formula is C18H11F7N6O2. The molecule has 1 aliphatic rings. The molecule has 0 bridgehead atoms. The first kappa shape index (κ1) is 22.4. The number of anilines is 2. The Bertz CT molecular complexity index is 1210. The molecule has 1 atom stereocenters. The molecular weight excluding hydrogens is 465 g/mol. The van der Waals surface area contributed by atoms with Crippen molar-refractivity contribution >= 4 is 17.5 Å². The molecule has 1 amide bonds. The van der Waals surface area contributed by atoms with E-state index in [4.69, 9.17) is 0 Å². The molecule has 3 aromatic heterocycles. The van der Waals surface area contributed by atoms with Crippen molar-refractivity contribution in [2.75, 3.05) is 16.8 Å². The predicted molar refractivity (Wildman–Crippen MR) is 96.5 cm³/mol. The van der Waals surface area contributed by atoms with Gasteiger partial charge in [0.05, 0.1) is 6.20 Å². The highest BCUT2D eigenvalue weighted by Crippen LogP contribution is 2.40. The quantitative estimate of drug-likeness (QED) is 0.564. The number of carbonyl (C=O) groups is 1. The third-order valence-electron chi connectivity index (χ3n) is 4.55. The van der Waals surface area contributed by atoms with Gasteiger partial charge in [-0.25, -0.2) is 14.4 Å². The highest BCUT2D eigenvalue weighted by molar-refractivity contribution is 5.93. The standard InChI is InChI=1S/C18H11F7N6O2/c19-8-1-4-12(26-6-8)28-13(32)7-30-14-5-11(18(23,24)25)29-31(14)15-9(16(30)33)2-3-10(27-15)17(20,21)22/h1-6,16,33H,7H2,(H,26,28,32). The summed E-state index contributed by atoms with van der Waals surface area (Å²) in [5.41, 5.74) is -3.18. The van der Waals surface area contributed by atoms with E-state index >= 15 is 0 Å². The number of nitrogens with one attached hydrogen (secondary N) is 1. The fraction of sp³-hybridized carbons (Fsp3) is 0.222. The van der Waals surface area contributed by atoms with Gasteiger partial charge in [-0.3, -0.25) is 4.79 Å². The molecule has 0 aliphatic carbocycles. The van der Waals surface area contributed by atoms with Gasteiger partial charge in [0.2, 0.25) is 5.91 Å². The molecule has 0 fully saturated rings. The highest BCUT2D eigenvalue weighted by Gasteiger charge is 2.41. The van der Waals surface area contributed by atoms with E-state index in [-0.39, 0.29) is 11.4 Å². The first-order valence-corrected chi connectivity index (χ1v) is 8.96. The molecule has 0 saturated carbocycles. The van der Waals surface area contributed by atoms with E-state index in [2.05, 4.69) is 20.4 Å². The second-order valence-corrected chi connectivity index (χ2v) is 6.82. The number of carbonyl (C=O) groups excluding carboxylic acids is 1. The smallest absolute Gasteiger partial charge is 0.369 e. The Labute approximate surface area is 179 Å². The van der Waals surface area contributed by atoms with Crippen LogP contribution in [0.1, 0.15) is 23.2 Å². The number of fused-ring (bicyclic) bond motifs is 3. The summed E-state index contributed by atoms with van der Waals surface area (Å²) in [6, 6.07) is 3.98. The number of amides is 1. The van der Waals surface area contributed by atoms with Crippen molar-refractivity contribution in [3.63, 3.8) is 0 Å². The second-order valence-electron chi connectivity index (χ2n) is 6.82. The minimum absolute atomic E-state index is 0.0747. The van der Waals surface area contributed by atoms with Crippen molar-refractivity contribution < 1.29 is 40.6 Å². The van der Waals surface area contributed by atoms with Crippen LogP contribution in [0.3, 0.4) is 0 Å². The molecule has 0 saturated heterocycles. The Morgan fingerprint density at radius 1 is 1.06 bits per heavy atom. The maximum atomic E-state index is 13.3. The zero-order chi connectivity index (χ0) is 24.1. The lowest BCUT2D eigenvalue weighted by Crippen LogP contribution is -2.40. The number of alkyl halides is 6. The molecule has 1 unspecified atom stereocenters. The van der Waals surface area contributed by atoms with E-state index in [0.29, 0.717) is 16.8 Å². The number of aliphatic hydroxyl groups is 1. The Morgan fingerprint density at radius 3 is 2.36 bits per heavy atom. The zero-order valence-electron chi connectivity index (χ0n) is 16.0. The van der Waals surface area contributed by atoms with E-state index in [1.165, 1.54) is 0 Å². The topological polar surface area (TPSA) is 96.2 Å². The van der Waals surface area contributed by atoms with Gasteiger partial charge in [0.1, 0.15) is 29.7 Å². The molecule has 33 heavy (non-hydrogen) atoms. The lowest BCUT2D eigenvalue weighted by atomic mass is 10.1. The number of hydrogen-bond donors (Lipinski definition) is 2. The van der Waals surface area contributed by atoms with Gasteiger partial charge >= 0.3 is 12.4 Å². The number of nitrogens with zero attached hydrogens (tertiary/aromatic N) is 5. The summed E-state index contributed by atoms with van der Waals surface area (Å²) in [7, 11) is 0. The van der Waals surface area contributed by atoms with Crippen LogP contribution in [-0.2, 0) is 17.1 Å². The van der Waals surface area contributed by atoms with Crippen LogP contribution in [0.4, 0.5) is 42.4 Å². The van der Waals surface area contributed by atoms with E-state index in [1.807, 2.05) is 0 Å². The average molecular weight is 476 g/mol. The summed E-state index contributed by atoms with van der Waals surface area (Å²) in [5.74, 6) is -2.80. The number of pyridine rings is 2. The lowest BCUT2D eigenvalue weighted by Gasteiger charge is -2.34. The van der Waals surface area contributed by atoms with E-state index in [0.717, 1.165) is 29.3 Å². The maximum absolute atomic E-state index is 13.3. The third-order valence-corrected chi connectivity index (χ3v) is 4.55. The normalized spacial score (nSPS) is 15.8. The second kappa shape index (κ2) is 7.68. The van der Waals surface area contributed by atoms with Gasteiger partial charge in [-0.1, -0.05) is 0 Å². The van der Waals surface area contributed by atoms with Crippen molar-refractivity contribution in [3.05, 3.63) is 59.3 Å². The molecule has 4 heterocycles. The average Bonchev–Trinajstić information content (AvgIpc) is 3.18. The van der Waals surface area contributed by atoms with E-state index in [9.17, 15) is 40.6 Å². The Kier molecular flexibility index (Phi) is 5.23. The predicted octanol–water partition coefficient (Wildman–Crippen LogP) is 3.29. The number of rotatable bonds is 3. The molecule has 3 aromatic rings. The summed E-state index contributed by atoms with van der Waals surface area (Å²) < 4.78 is 92.4. The Balaban J connectivity index is 1.73. The number of halogens is 7. The van der Waals surface area contributed by atoms with Gasteiger partial charge in [0.15, 0.2) is 17.7 Å². The lowest BCUT2D eigenvalue weighted by molar-refractivity contribution is -0.142. The van der Waals surface area contributed by atoms with Gasteiger partial charge in [-0.15, -0.1) is 0 Å². The Hall–Kier alpha value is -3.75. The van der Waals surface area contributed by atoms with Crippen LogP contribution in [0.25, 0.3) is 5.82 Å². The highest BCUT2D eigenvalue weighted by atomic mass is 19.4. The minimum Gasteiger partial charge on any atom is -0.369 e. The number of hydrogen-bond acceptors (Lipinski definition) is 6. The SMILES string of the molecule is O=C(CN1c2cc(C(F)(F)F)nn2-c2nc(C(F)(F)F)ccc2C1O)Nc1ccc(F)cn1. The monoisotopic (exact) mass is 476 g/mol. The maximum Gasteiger partial charge on any atom is 0.435 e. The summed E-state index contributed by atoms with van der Waals surface area (Å²) in [5, 5.41) is 16.2. The van der Waals surface area contributed by atoms with Gasteiger partial charge in [0.25, 0.3) is 0 Å². The molecule has 174 valence electrons.